The van der Waals surface area contributed by atoms with Crippen LogP contribution >= 0.6 is 11.6 Å². The fourth-order valence-corrected chi connectivity index (χ4v) is 7.92. The van der Waals surface area contributed by atoms with Crippen molar-refractivity contribution in [3.8, 4) is 0 Å². The zero-order valence-electron chi connectivity index (χ0n) is 28.5. The summed E-state index contributed by atoms with van der Waals surface area (Å²) in [5.74, 6) is -3.83. The maximum absolute atomic E-state index is 14.7. The van der Waals surface area contributed by atoms with Crippen molar-refractivity contribution in [1.82, 2.24) is 10.2 Å². The van der Waals surface area contributed by atoms with Gasteiger partial charge in [-0.1, -0.05) is 61.0 Å². The number of anilines is 1. The lowest BCUT2D eigenvalue weighted by Gasteiger charge is -2.39. The summed E-state index contributed by atoms with van der Waals surface area (Å²) in [6, 6.07) is 13.3. The predicted molar refractivity (Wildman–Crippen MR) is 188 cm³/mol. The molecule has 3 fully saturated rings. The largest absolute Gasteiger partial charge is 0.455 e. The summed E-state index contributed by atoms with van der Waals surface area (Å²) in [7, 11) is 1.49. The number of methoxy groups -OCH3 is 1. The van der Waals surface area contributed by atoms with Gasteiger partial charge >= 0.3 is 5.97 Å². The third-order valence-electron chi connectivity index (χ3n) is 10.0. The van der Waals surface area contributed by atoms with Crippen LogP contribution in [0.1, 0.15) is 50.7 Å². The van der Waals surface area contributed by atoms with Crippen LogP contribution in [0.5, 0.6) is 0 Å². The molecule has 3 saturated heterocycles. The van der Waals surface area contributed by atoms with Gasteiger partial charge in [0.2, 0.25) is 11.8 Å². The molecule has 0 unspecified atom stereocenters. The molecule has 3 amide bonds. The minimum absolute atomic E-state index is 0.0480. The number of aliphatic hydroxyl groups is 1. The van der Waals surface area contributed by atoms with E-state index in [9.17, 15) is 24.3 Å². The highest BCUT2D eigenvalue weighted by Gasteiger charge is 2.75. The fourth-order valence-electron chi connectivity index (χ4n) is 7.79. The van der Waals surface area contributed by atoms with Crippen LogP contribution in [0.2, 0.25) is 5.02 Å². The standard InChI is InChI=1S/C38H46ClN3O8/c1-5-8-14-30(44)40-28(23-48-4)33(24-12-10-9-11-13-24)49-37(47)31-29-19-20-38(50-29)32(31)35(45)42(26(7-3)22-43)34(38)36(46)41(21-6-2)27-17-15-25(39)16-18-27/h5-6,9-13,15-18,26,28-29,31-34,43H,1-2,7-8,14,19-23H2,3-4H3,(H,40,44)/t26-,28+,29-,31+,32+,33+,34-,38+/m0/s1. The maximum Gasteiger partial charge on any atom is 0.313 e. The zero-order chi connectivity index (χ0) is 36.0. The number of likely N-dealkylation sites (tertiary alicyclic amines) is 1. The van der Waals surface area contributed by atoms with E-state index in [4.69, 9.17) is 25.8 Å². The number of halogens is 1. The second-order valence-corrected chi connectivity index (χ2v) is 13.4. The lowest BCUT2D eigenvalue weighted by Crippen LogP contribution is -2.59. The number of esters is 1. The van der Waals surface area contributed by atoms with Gasteiger partial charge in [0.05, 0.1) is 43.2 Å². The molecule has 12 heteroatoms. The van der Waals surface area contributed by atoms with Gasteiger partial charge in [-0.25, -0.2) is 0 Å². The van der Waals surface area contributed by atoms with Gasteiger partial charge in [0.15, 0.2) is 0 Å². The Labute approximate surface area is 298 Å². The molecule has 3 aliphatic heterocycles. The Morgan fingerprint density at radius 1 is 1.16 bits per heavy atom. The number of fused-ring (bicyclic) bond motifs is 1. The first kappa shape index (κ1) is 37.2. The number of hydrogen-bond donors (Lipinski definition) is 2. The van der Waals surface area contributed by atoms with Gasteiger partial charge < -0.3 is 34.4 Å². The molecule has 0 aromatic heterocycles. The van der Waals surface area contributed by atoms with Crippen molar-refractivity contribution in [3.05, 3.63) is 90.5 Å². The Morgan fingerprint density at radius 3 is 2.50 bits per heavy atom. The van der Waals surface area contributed by atoms with E-state index in [0.29, 0.717) is 42.0 Å². The average molecular weight is 708 g/mol. The molecule has 1 spiro atoms. The molecule has 5 rings (SSSR count). The number of carbonyl (C=O) groups is 4. The third kappa shape index (κ3) is 7.10. The van der Waals surface area contributed by atoms with E-state index < -0.39 is 65.6 Å². The topological polar surface area (TPSA) is 135 Å². The summed E-state index contributed by atoms with van der Waals surface area (Å²) in [5.41, 5.74) is -0.144. The van der Waals surface area contributed by atoms with Crippen molar-refractivity contribution in [2.24, 2.45) is 11.8 Å². The van der Waals surface area contributed by atoms with E-state index >= 15 is 0 Å². The van der Waals surface area contributed by atoms with E-state index in [0.717, 1.165) is 0 Å². The van der Waals surface area contributed by atoms with Gasteiger partial charge in [-0.3, -0.25) is 19.2 Å². The zero-order valence-corrected chi connectivity index (χ0v) is 29.3. The molecule has 268 valence electrons. The Balaban J connectivity index is 1.51. The number of benzene rings is 2. The van der Waals surface area contributed by atoms with E-state index in [1.54, 1.807) is 60.7 Å². The predicted octanol–water partition coefficient (Wildman–Crippen LogP) is 4.39. The quantitative estimate of drug-likeness (QED) is 0.183. The van der Waals surface area contributed by atoms with Crippen molar-refractivity contribution >= 4 is 41.0 Å². The van der Waals surface area contributed by atoms with E-state index in [1.807, 2.05) is 13.0 Å². The smallest absolute Gasteiger partial charge is 0.313 e. The summed E-state index contributed by atoms with van der Waals surface area (Å²) in [6.07, 6.45) is 3.45. The van der Waals surface area contributed by atoms with Crippen LogP contribution in [0.25, 0.3) is 0 Å². The minimum Gasteiger partial charge on any atom is -0.455 e. The molecule has 2 aromatic rings. The first-order chi connectivity index (χ1) is 24.1. The normalized spacial score (nSPS) is 25.4. The summed E-state index contributed by atoms with van der Waals surface area (Å²) in [4.78, 5) is 59.6. The summed E-state index contributed by atoms with van der Waals surface area (Å²) >= 11 is 6.15. The van der Waals surface area contributed by atoms with Crippen molar-refractivity contribution in [2.45, 2.75) is 75.0 Å². The molecule has 8 atom stereocenters. The van der Waals surface area contributed by atoms with Crippen LogP contribution in [-0.4, -0.2) is 90.4 Å². The number of aliphatic hydroxyl groups excluding tert-OH is 1. The van der Waals surface area contributed by atoms with Gasteiger partial charge in [0.1, 0.15) is 17.7 Å². The number of nitrogens with one attached hydrogen (secondary N) is 1. The monoisotopic (exact) mass is 707 g/mol. The molecule has 0 saturated carbocycles. The molecule has 0 aliphatic carbocycles. The first-order valence-electron chi connectivity index (χ1n) is 17.1. The lowest BCUT2D eigenvalue weighted by atomic mass is 9.70. The number of hydrogen-bond acceptors (Lipinski definition) is 8. The van der Waals surface area contributed by atoms with Crippen LogP contribution in [-0.2, 0) is 33.4 Å². The highest BCUT2D eigenvalue weighted by molar-refractivity contribution is 6.30. The fraction of sp³-hybridized carbons (Fsp3) is 0.474. The van der Waals surface area contributed by atoms with Gasteiger partial charge in [-0.05, 0) is 55.5 Å². The van der Waals surface area contributed by atoms with Crippen LogP contribution < -0.4 is 10.2 Å². The summed E-state index contributed by atoms with van der Waals surface area (Å²) < 4.78 is 18.4. The first-order valence-corrected chi connectivity index (χ1v) is 17.5. The number of ether oxygens (including phenoxy) is 3. The Morgan fingerprint density at radius 2 is 1.88 bits per heavy atom. The lowest BCUT2D eigenvalue weighted by molar-refractivity contribution is -0.163. The second-order valence-electron chi connectivity index (χ2n) is 13.0. The Kier molecular flexibility index (Phi) is 12.2. The third-order valence-corrected chi connectivity index (χ3v) is 10.3. The molecule has 2 aromatic carbocycles. The SMILES string of the molecule is C=CCCC(=O)N[C@H](COC)[C@H](OC(=O)[C@@H]1[C@@H]2CC[C@]3(O2)[C@H](C(=O)N(CC=C)c2ccc(Cl)cc2)N([C@@H](CC)CO)C(=O)[C@@H]13)c1ccccc1. The minimum atomic E-state index is -1.33. The molecular formula is C38H46ClN3O8. The highest BCUT2D eigenvalue weighted by atomic mass is 35.5. The molecule has 0 radical (unpaired) electrons. The molecular weight excluding hydrogens is 662 g/mol. The number of rotatable bonds is 17. The Bertz CT molecular complexity index is 1550. The molecule has 2 bridgehead atoms. The number of nitrogens with zero attached hydrogens (tertiary/aromatic N) is 2. The van der Waals surface area contributed by atoms with Crippen molar-refractivity contribution in [2.75, 3.05) is 31.8 Å². The van der Waals surface area contributed by atoms with Gasteiger partial charge in [-0.2, -0.15) is 0 Å². The number of allylic oxidation sites excluding steroid dienone is 1. The Hall–Kier alpha value is -4.03. The molecule has 3 heterocycles. The van der Waals surface area contributed by atoms with E-state index in [1.165, 1.54) is 16.9 Å². The van der Waals surface area contributed by atoms with Crippen LogP contribution in [0.3, 0.4) is 0 Å². The summed E-state index contributed by atoms with van der Waals surface area (Å²) in [6.45, 7) is 9.16. The summed E-state index contributed by atoms with van der Waals surface area (Å²) in [5, 5.41) is 13.9. The van der Waals surface area contributed by atoms with Gasteiger partial charge in [0, 0.05) is 30.8 Å². The molecule has 3 aliphatic rings. The van der Waals surface area contributed by atoms with Crippen molar-refractivity contribution in [1.29, 1.82) is 0 Å². The van der Waals surface area contributed by atoms with E-state index in [2.05, 4.69) is 18.5 Å². The van der Waals surface area contributed by atoms with Crippen molar-refractivity contribution in [3.63, 3.8) is 0 Å². The molecule has 2 N–H and O–H groups in total. The highest BCUT2D eigenvalue weighted by Crippen LogP contribution is 2.59. The van der Waals surface area contributed by atoms with Gasteiger partial charge in [-0.15, -0.1) is 13.2 Å². The van der Waals surface area contributed by atoms with Gasteiger partial charge in [0.25, 0.3) is 5.91 Å². The maximum atomic E-state index is 14.7. The van der Waals surface area contributed by atoms with E-state index in [-0.39, 0.29) is 32.1 Å². The van der Waals surface area contributed by atoms with Crippen LogP contribution in [0, 0.1) is 11.8 Å². The number of carbonyl (C=O) groups excluding carboxylic acids is 4. The second kappa shape index (κ2) is 16.3. The number of amides is 3. The average Bonchev–Trinajstić information content (AvgIpc) is 3.77. The van der Waals surface area contributed by atoms with Crippen molar-refractivity contribution < 1.29 is 38.5 Å². The molecule has 50 heavy (non-hydrogen) atoms. The molecule has 11 nitrogen and oxygen atoms in total. The van der Waals surface area contributed by atoms with Crippen LogP contribution in [0.15, 0.2) is 79.9 Å². The van der Waals surface area contributed by atoms with Crippen LogP contribution in [0.4, 0.5) is 5.69 Å².